The van der Waals surface area contributed by atoms with Crippen LogP contribution in [0.15, 0.2) is 24.5 Å². The first-order valence-corrected chi connectivity index (χ1v) is 5.63. The zero-order chi connectivity index (χ0) is 11.4. The van der Waals surface area contributed by atoms with Crippen molar-refractivity contribution in [2.24, 2.45) is 0 Å². The highest BCUT2D eigenvalue weighted by Crippen LogP contribution is 2.31. The number of rotatable bonds is 4. The highest BCUT2D eigenvalue weighted by Gasteiger charge is 2.25. The van der Waals surface area contributed by atoms with Gasteiger partial charge in [0.05, 0.1) is 6.42 Å². The molecule has 0 spiro atoms. The third kappa shape index (κ3) is 2.58. The van der Waals surface area contributed by atoms with E-state index >= 15 is 0 Å². The van der Waals surface area contributed by atoms with Gasteiger partial charge in [0.25, 0.3) is 0 Å². The average Bonchev–Trinajstić information content (AvgIpc) is 2.75. The lowest BCUT2D eigenvalue weighted by atomic mass is 10.1. The van der Waals surface area contributed by atoms with Crippen molar-refractivity contribution in [3.05, 3.63) is 30.1 Å². The van der Waals surface area contributed by atoms with Crippen molar-refractivity contribution in [1.82, 2.24) is 9.88 Å². The second-order valence-corrected chi connectivity index (χ2v) is 4.12. The Morgan fingerprint density at radius 3 is 3.19 bits per heavy atom. The van der Waals surface area contributed by atoms with E-state index < -0.39 is 5.97 Å². The summed E-state index contributed by atoms with van der Waals surface area (Å²) in [4.78, 5) is 16.9. The number of pyridine rings is 1. The number of likely N-dealkylation sites (tertiary alicyclic amines) is 1. The summed E-state index contributed by atoms with van der Waals surface area (Å²) < 4.78 is 0. The predicted octanol–water partition coefficient (Wildman–Crippen LogP) is 1.69. The Labute approximate surface area is 94.9 Å². The number of aromatic nitrogens is 1. The van der Waals surface area contributed by atoms with Crippen molar-refractivity contribution in [1.29, 1.82) is 0 Å². The van der Waals surface area contributed by atoms with Crippen LogP contribution in [0.4, 0.5) is 0 Å². The monoisotopic (exact) mass is 220 g/mol. The van der Waals surface area contributed by atoms with Crippen LogP contribution in [0.25, 0.3) is 0 Å². The van der Waals surface area contributed by atoms with Gasteiger partial charge < -0.3 is 5.11 Å². The van der Waals surface area contributed by atoms with Crippen molar-refractivity contribution in [2.45, 2.75) is 25.3 Å². The highest BCUT2D eigenvalue weighted by molar-refractivity contribution is 5.66. The molecule has 0 amide bonds. The van der Waals surface area contributed by atoms with Gasteiger partial charge in [-0.1, -0.05) is 6.07 Å². The van der Waals surface area contributed by atoms with Crippen LogP contribution in [-0.4, -0.2) is 34.0 Å². The van der Waals surface area contributed by atoms with Crippen molar-refractivity contribution >= 4 is 5.97 Å². The zero-order valence-electron chi connectivity index (χ0n) is 9.17. The van der Waals surface area contributed by atoms with Crippen LogP contribution in [-0.2, 0) is 4.79 Å². The van der Waals surface area contributed by atoms with Gasteiger partial charge in [-0.2, -0.15) is 0 Å². The first kappa shape index (κ1) is 11.1. The van der Waals surface area contributed by atoms with E-state index in [0.29, 0.717) is 12.6 Å². The number of hydrogen-bond donors (Lipinski definition) is 1. The molecule has 2 heterocycles. The van der Waals surface area contributed by atoms with Crippen molar-refractivity contribution < 1.29 is 9.90 Å². The highest BCUT2D eigenvalue weighted by atomic mass is 16.4. The molecule has 0 aromatic carbocycles. The van der Waals surface area contributed by atoms with E-state index in [0.717, 1.165) is 19.4 Å². The summed E-state index contributed by atoms with van der Waals surface area (Å²) in [6.45, 7) is 1.63. The van der Waals surface area contributed by atoms with Gasteiger partial charge in [-0.3, -0.25) is 14.7 Å². The number of nitrogens with zero attached hydrogens (tertiary/aromatic N) is 2. The minimum Gasteiger partial charge on any atom is -0.481 e. The molecule has 1 N–H and O–H groups in total. The van der Waals surface area contributed by atoms with Crippen molar-refractivity contribution in [2.75, 3.05) is 13.1 Å². The van der Waals surface area contributed by atoms with E-state index in [1.165, 1.54) is 5.56 Å². The Balaban J connectivity index is 2.01. The predicted molar refractivity (Wildman–Crippen MR) is 60.0 cm³/mol. The molecule has 1 saturated heterocycles. The molecular weight excluding hydrogens is 204 g/mol. The first-order valence-electron chi connectivity index (χ1n) is 5.63. The van der Waals surface area contributed by atoms with Gasteiger partial charge in [0, 0.05) is 25.0 Å². The maximum Gasteiger partial charge on any atom is 0.304 e. The molecule has 0 radical (unpaired) electrons. The molecule has 1 atom stereocenters. The average molecular weight is 220 g/mol. The molecule has 1 aliphatic rings. The molecule has 4 nitrogen and oxygen atoms in total. The molecule has 0 saturated carbocycles. The largest absolute Gasteiger partial charge is 0.481 e. The summed E-state index contributed by atoms with van der Waals surface area (Å²) in [6.07, 6.45) is 6.10. The SMILES string of the molecule is O=C(O)CCN1CCC[C@@H]1c1cccnc1. The van der Waals surface area contributed by atoms with Crippen LogP contribution in [0.2, 0.25) is 0 Å². The normalized spacial score (nSPS) is 21.1. The third-order valence-corrected chi connectivity index (χ3v) is 3.05. The molecule has 0 aliphatic carbocycles. The lowest BCUT2D eigenvalue weighted by molar-refractivity contribution is -0.137. The van der Waals surface area contributed by atoms with E-state index in [1.807, 2.05) is 12.3 Å². The number of aliphatic carboxylic acids is 1. The molecule has 16 heavy (non-hydrogen) atoms. The minimum absolute atomic E-state index is 0.219. The summed E-state index contributed by atoms with van der Waals surface area (Å²) in [5, 5.41) is 8.69. The van der Waals surface area contributed by atoms with E-state index in [4.69, 9.17) is 5.11 Å². The number of hydrogen-bond acceptors (Lipinski definition) is 3. The van der Waals surface area contributed by atoms with Gasteiger partial charge in [-0.15, -0.1) is 0 Å². The standard InChI is InChI=1S/C12H16N2O2/c15-12(16)5-8-14-7-2-4-11(14)10-3-1-6-13-9-10/h1,3,6,9,11H,2,4-5,7-8H2,(H,15,16)/t11-/m1/s1. The second kappa shape index (κ2) is 5.07. The zero-order valence-corrected chi connectivity index (χ0v) is 9.17. The molecular formula is C12H16N2O2. The Hall–Kier alpha value is -1.42. The van der Waals surface area contributed by atoms with Crippen molar-refractivity contribution in [3.63, 3.8) is 0 Å². The summed E-state index contributed by atoms with van der Waals surface area (Å²) in [7, 11) is 0. The van der Waals surface area contributed by atoms with E-state index in [-0.39, 0.29) is 6.42 Å². The van der Waals surface area contributed by atoms with Crippen LogP contribution >= 0.6 is 0 Å². The van der Waals surface area contributed by atoms with Crippen LogP contribution in [0.5, 0.6) is 0 Å². The maximum atomic E-state index is 10.6. The molecule has 1 aromatic rings. The van der Waals surface area contributed by atoms with Gasteiger partial charge in [0.15, 0.2) is 0 Å². The van der Waals surface area contributed by atoms with Crippen LogP contribution in [0.1, 0.15) is 30.9 Å². The number of carbonyl (C=O) groups is 1. The van der Waals surface area contributed by atoms with Crippen molar-refractivity contribution in [3.8, 4) is 0 Å². The molecule has 2 rings (SSSR count). The fraction of sp³-hybridized carbons (Fsp3) is 0.500. The lowest BCUT2D eigenvalue weighted by Gasteiger charge is -2.23. The smallest absolute Gasteiger partial charge is 0.304 e. The van der Waals surface area contributed by atoms with E-state index in [9.17, 15) is 4.79 Å². The summed E-state index contributed by atoms with van der Waals surface area (Å²) in [5.41, 5.74) is 1.20. The number of carboxylic acid groups (broad SMARTS) is 1. The van der Waals surface area contributed by atoms with Gasteiger partial charge >= 0.3 is 5.97 Å². The number of carboxylic acids is 1. The van der Waals surface area contributed by atoms with Gasteiger partial charge in [0.2, 0.25) is 0 Å². The Morgan fingerprint density at radius 1 is 1.62 bits per heavy atom. The summed E-state index contributed by atoms with van der Waals surface area (Å²) in [6, 6.07) is 4.35. The van der Waals surface area contributed by atoms with E-state index in [1.54, 1.807) is 6.20 Å². The fourth-order valence-corrected chi connectivity index (χ4v) is 2.28. The quantitative estimate of drug-likeness (QED) is 0.839. The molecule has 1 aromatic heterocycles. The Morgan fingerprint density at radius 2 is 2.50 bits per heavy atom. The summed E-state index contributed by atoms with van der Waals surface area (Å²) >= 11 is 0. The molecule has 0 unspecified atom stereocenters. The lowest BCUT2D eigenvalue weighted by Crippen LogP contribution is -2.26. The van der Waals surface area contributed by atoms with Gasteiger partial charge in [-0.05, 0) is 31.0 Å². The maximum absolute atomic E-state index is 10.6. The summed E-state index contributed by atoms with van der Waals surface area (Å²) in [5.74, 6) is -0.725. The third-order valence-electron chi connectivity index (χ3n) is 3.05. The van der Waals surface area contributed by atoms with Crippen LogP contribution in [0, 0.1) is 0 Å². The fourth-order valence-electron chi connectivity index (χ4n) is 2.28. The first-order chi connectivity index (χ1) is 7.77. The topological polar surface area (TPSA) is 53.4 Å². The van der Waals surface area contributed by atoms with E-state index in [2.05, 4.69) is 16.0 Å². The Bertz CT molecular complexity index is 353. The van der Waals surface area contributed by atoms with Gasteiger partial charge in [0.1, 0.15) is 0 Å². The minimum atomic E-state index is -0.725. The Kier molecular flexibility index (Phi) is 3.51. The van der Waals surface area contributed by atoms with Crippen LogP contribution in [0.3, 0.4) is 0 Å². The molecule has 1 aliphatic heterocycles. The van der Waals surface area contributed by atoms with Gasteiger partial charge in [-0.25, -0.2) is 0 Å². The molecule has 1 fully saturated rings. The molecule has 4 heteroatoms. The molecule has 0 bridgehead atoms. The molecule has 86 valence electrons. The van der Waals surface area contributed by atoms with Crippen LogP contribution < -0.4 is 0 Å². The second-order valence-electron chi connectivity index (χ2n) is 4.12.